The number of allylic oxidation sites excluding steroid dienone is 2. The van der Waals surface area contributed by atoms with Crippen LogP contribution in [0.15, 0.2) is 71.9 Å². The lowest BCUT2D eigenvalue weighted by atomic mass is 9.68. The predicted octanol–water partition coefficient (Wildman–Crippen LogP) is 7.38. The second-order valence-electron chi connectivity index (χ2n) is 9.05. The molecule has 0 fully saturated rings. The van der Waals surface area contributed by atoms with Crippen LogP contribution in [0.4, 0.5) is 5.69 Å². The summed E-state index contributed by atoms with van der Waals surface area (Å²) in [5, 5.41) is 6.09. The van der Waals surface area contributed by atoms with Crippen LogP contribution in [0.2, 0.25) is 0 Å². The van der Waals surface area contributed by atoms with Gasteiger partial charge in [0, 0.05) is 29.3 Å². The van der Waals surface area contributed by atoms with E-state index in [4.69, 9.17) is 0 Å². The summed E-state index contributed by atoms with van der Waals surface area (Å²) in [6, 6.07) is 21.5. The number of benzene rings is 3. The summed E-state index contributed by atoms with van der Waals surface area (Å²) in [4.78, 5) is 13.3. The number of hydrogen-bond acceptors (Lipinski definition) is 2. The highest BCUT2D eigenvalue weighted by atomic mass is 16.1. The summed E-state index contributed by atoms with van der Waals surface area (Å²) >= 11 is 0. The van der Waals surface area contributed by atoms with E-state index in [1.807, 2.05) is 13.8 Å². The molecule has 0 amide bonds. The Bertz CT molecular complexity index is 1140. The maximum Gasteiger partial charge on any atom is 0.162 e. The predicted molar refractivity (Wildman–Crippen MR) is 127 cm³/mol. The molecule has 2 aliphatic rings. The van der Waals surface area contributed by atoms with Gasteiger partial charge in [-0.15, -0.1) is 0 Å². The summed E-state index contributed by atoms with van der Waals surface area (Å²) in [6.07, 6.45) is 1.51. The SMILES string of the molecule is CC.Cc1ccc(C2C3=C(CC(C)(C)CC3=O)Nc3ccc4ccccc4c32)cc1. The molecule has 0 saturated carbocycles. The zero-order valence-electron chi connectivity index (χ0n) is 18.7. The normalized spacial score (nSPS) is 19.4. The number of carbonyl (C=O) groups is 1. The van der Waals surface area contributed by atoms with Gasteiger partial charge in [-0.3, -0.25) is 4.79 Å². The standard InChI is InChI=1S/C26H25NO.C2H6/c1-16-8-10-18(11-9-16)23-24-19-7-5-4-6-17(19)12-13-20(24)27-21-14-26(2,3)15-22(28)25(21)23;1-2/h4-13,23,27H,14-15H2,1-3H3;1-2H3. The van der Waals surface area contributed by atoms with Gasteiger partial charge >= 0.3 is 0 Å². The maximum absolute atomic E-state index is 13.3. The van der Waals surface area contributed by atoms with Gasteiger partial charge in [-0.05, 0) is 46.7 Å². The van der Waals surface area contributed by atoms with E-state index in [-0.39, 0.29) is 17.1 Å². The van der Waals surface area contributed by atoms with Gasteiger partial charge in [0.2, 0.25) is 0 Å². The number of ketones is 1. The Labute approximate surface area is 180 Å². The van der Waals surface area contributed by atoms with Gasteiger partial charge in [-0.25, -0.2) is 0 Å². The molecule has 0 radical (unpaired) electrons. The number of aryl methyl sites for hydroxylation is 1. The number of Topliss-reactive ketones (excluding diaryl/α,β-unsaturated/α-hetero) is 1. The molecule has 1 heterocycles. The fourth-order valence-corrected chi connectivity index (χ4v) is 4.90. The van der Waals surface area contributed by atoms with Crippen LogP contribution in [0.25, 0.3) is 10.8 Å². The van der Waals surface area contributed by atoms with Gasteiger partial charge in [0.15, 0.2) is 5.78 Å². The Morgan fingerprint density at radius 2 is 1.60 bits per heavy atom. The summed E-state index contributed by atoms with van der Waals surface area (Å²) in [5.41, 5.74) is 6.87. The Kier molecular flexibility index (Phi) is 5.27. The summed E-state index contributed by atoms with van der Waals surface area (Å²) in [7, 11) is 0. The number of carbonyl (C=O) groups excluding carboxylic acids is 1. The van der Waals surface area contributed by atoms with Crippen molar-refractivity contribution in [2.24, 2.45) is 5.41 Å². The van der Waals surface area contributed by atoms with Gasteiger partial charge in [0.1, 0.15) is 0 Å². The van der Waals surface area contributed by atoms with E-state index in [0.29, 0.717) is 6.42 Å². The lowest BCUT2D eigenvalue weighted by Crippen LogP contribution is -2.33. The van der Waals surface area contributed by atoms with Crippen LogP contribution in [0.5, 0.6) is 0 Å². The number of hydrogen-bond donors (Lipinski definition) is 1. The molecule has 1 atom stereocenters. The highest BCUT2D eigenvalue weighted by Crippen LogP contribution is 2.50. The van der Waals surface area contributed by atoms with Crippen LogP contribution in [-0.2, 0) is 4.79 Å². The van der Waals surface area contributed by atoms with Crippen molar-refractivity contribution < 1.29 is 4.79 Å². The average Bonchev–Trinajstić information content (AvgIpc) is 2.73. The van der Waals surface area contributed by atoms with E-state index in [9.17, 15) is 4.79 Å². The molecule has 5 rings (SSSR count). The van der Waals surface area contributed by atoms with E-state index in [1.165, 1.54) is 27.5 Å². The first-order valence-corrected chi connectivity index (χ1v) is 11.0. The monoisotopic (exact) mass is 397 g/mol. The lowest BCUT2D eigenvalue weighted by molar-refractivity contribution is -0.118. The molecule has 2 nitrogen and oxygen atoms in total. The fourth-order valence-electron chi connectivity index (χ4n) is 4.90. The van der Waals surface area contributed by atoms with Crippen molar-refractivity contribution in [2.75, 3.05) is 5.32 Å². The minimum atomic E-state index is -0.0125. The summed E-state index contributed by atoms with van der Waals surface area (Å²) in [5.74, 6) is 0.268. The molecular formula is C28H31NO. The Balaban J connectivity index is 0.00000106. The minimum absolute atomic E-state index is 0.00487. The first-order valence-electron chi connectivity index (χ1n) is 11.0. The summed E-state index contributed by atoms with van der Waals surface area (Å²) < 4.78 is 0. The minimum Gasteiger partial charge on any atom is -0.358 e. The smallest absolute Gasteiger partial charge is 0.162 e. The van der Waals surface area contributed by atoms with Gasteiger partial charge < -0.3 is 5.32 Å². The molecule has 2 heteroatoms. The zero-order valence-corrected chi connectivity index (χ0v) is 18.7. The second kappa shape index (κ2) is 7.75. The molecule has 0 spiro atoms. The third kappa shape index (κ3) is 3.45. The topological polar surface area (TPSA) is 29.1 Å². The Morgan fingerprint density at radius 1 is 0.900 bits per heavy atom. The van der Waals surface area contributed by atoms with E-state index < -0.39 is 0 Å². The highest BCUT2D eigenvalue weighted by Gasteiger charge is 2.41. The van der Waals surface area contributed by atoms with Crippen LogP contribution in [0.1, 0.15) is 63.1 Å². The molecule has 0 saturated heterocycles. The molecule has 0 aromatic heterocycles. The highest BCUT2D eigenvalue weighted by molar-refractivity contribution is 6.04. The molecule has 0 bridgehead atoms. The van der Waals surface area contributed by atoms with Crippen molar-refractivity contribution in [3.05, 3.63) is 88.6 Å². The third-order valence-corrected chi connectivity index (χ3v) is 6.16. The van der Waals surface area contributed by atoms with E-state index in [1.54, 1.807) is 0 Å². The molecular weight excluding hydrogens is 366 g/mol. The van der Waals surface area contributed by atoms with Crippen molar-refractivity contribution >= 4 is 22.2 Å². The molecule has 1 unspecified atom stereocenters. The van der Waals surface area contributed by atoms with Crippen molar-refractivity contribution in [3.8, 4) is 0 Å². The van der Waals surface area contributed by atoms with Crippen LogP contribution in [0.3, 0.4) is 0 Å². The third-order valence-electron chi connectivity index (χ3n) is 6.16. The van der Waals surface area contributed by atoms with E-state index in [2.05, 4.69) is 86.8 Å². The maximum atomic E-state index is 13.3. The number of rotatable bonds is 1. The molecule has 1 aliphatic carbocycles. The Hall–Kier alpha value is -2.87. The number of fused-ring (bicyclic) bond motifs is 3. The van der Waals surface area contributed by atoms with Crippen LogP contribution in [-0.4, -0.2) is 5.78 Å². The fraction of sp³-hybridized carbons (Fsp3) is 0.321. The Morgan fingerprint density at radius 3 is 2.33 bits per heavy atom. The molecule has 154 valence electrons. The van der Waals surface area contributed by atoms with E-state index in [0.717, 1.165) is 23.4 Å². The van der Waals surface area contributed by atoms with E-state index >= 15 is 0 Å². The zero-order chi connectivity index (χ0) is 21.5. The van der Waals surface area contributed by atoms with Gasteiger partial charge in [-0.2, -0.15) is 0 Å². The van der Waals surface area contributed by atoms with Crippen LogP contribution >= 0.6 is 0 Å². The molecule has 1 N–H and O–H groups in total. The average molecular weight is 398 g/mol. The van der Waals surface area contributed by atoms with Gasteiger partial charge in [-0.1, -0.05) is 87.9 Å². The molecule has 3 aromatic rings. The first-order chi connectivity index (χ1) is 14.4. The number of nitrogens with one attached hydrogen (secondary N) is 1. The van der Waals surface area contributed by atoms with Gasteiger partial charge in [0.25, 0.3) is 0 Å². The number of anilines is 1. The lowest BCUT2D eigenvalue weighted by Gasteiger charge is -2.40. The molecule has 3 aromatic carbocycles. The molecule has 1 aliphatic heterocycles. The first kappa shape index (κ1) is 20.4. The van der Waals surface area contributed by atoms with Crippen LogP contribution in [0, 0.1) is 12.3 Å². The quantitative estimate of drug-likeness (QED) is 0.464. The van der Waals surface area contributed by atoms with Crippen LogP contribution < -0.4 is 5.32 Å². The second-order valence-corrected chi connectivity index (χ2v) is 9.05. The van der Waals surface area contributed by atoms with Crippen molar-refractivity contribution in [2.45, 2.75) is 53.4 Å². The molecule has 30 heavy (non-hydrogen) atoms. The van der Waals surface area contributed by atoms with Crippen molar-refractivity contribution in [1.82, 2.24) is 0 Å². The van der Waals surface area contributed by atoms with Gasteiger partial charge in [0.05, 0.1) is 0 Å². The largest absolute Gasteiger partial charge is 0.358 e. The van der Waals surface area contributed by atoms with Crippen molar-refractivity contribution in [1.29, 1.82) is 0 Å². The summed E-state index contributed by atoms with van der Waals surface area (Å²) in [6.45, 7) is 10.5. The van der Waals surface area contributed by atoms with Crippen molar-refractivity contribution in [3.63, 3.8) is 0 Å².